The predicted molar refractivity (Wildman–Crippen MR) is 73.1 cm³/mol. The lowest BCUT2D eigenvalue weighted by molar-refractivity contribution is 0.0697. The van der Waals surface area contributed by atoms with E-state index in [-0.39, 0.29) is 0 Å². The Morgan fingerprint density at radius 2 is 2.41 bits per heavy atom. The summed E-state index contributed by atoms with van der Waals surface area (Å²) in [6, 6.07) is 1.76. The maximum absolute atomic E-state index is 10.7. The maximum atomic E-state index is 10.7. The Balaban J connectivity index is 1.79. The molecule has 3 nitrogen and oxygen atoms in total. The van der Waals surface area contributed by atoms with E-state index in [1.54, 1.807) is 11.4 Å². The van der Waals surface area contributed by atoms with Crippen molar-refractivity contribution in [1.29, 1.82) is 0 Å². The lowest BCUT2D eigenvalue weighted by atomic mass is 9.84. The van der Waals surface area contributed by atoms with Crippen LogP contribution >= 0.6 is 23.1 Å². The van der Waals surface area contributed by atoms with E-state index in [9.17, 15) is 4.79 Å². The van der Waals surface area contributed by atoms with E-state index in [2.05, 4.69) is 11.6 Å². The molecule has 1 aromatic rings. The Kier molecular flexibility index (Phi) is 4.12. The van der Waals surface area contributed by atoms with Crippen molar-refractivity contribution in [2.45, 2.75) is 30.6 Å². The highest BCUT2D eigenvalue weighted by molar-refractivity contribution is 8.00. The predicted octanol–water partition coefficient (Wildman–Crippen LogP) is 2.82. The Bertz CT molecular complexity index is 393. The van der Waals surface area contributed by atoms with Gasteiger partial charge < -0.3 is 10.4 Å². The molecule has 1 aromatic heterocycles. The van der Waals surface area contributed by atoms with Crippen molar-refractivity contribution in [3.8, 4) is 0 Å². The Labute approximate surface area is 110 Å². The SMILES string of the molecule is CSC1(CNCc2cc(C(=O)O)cs2)CCC1. The molecule has 0 aliphatic heterocycles. The molecule has 1 aliphatic carbocycles. The quantitative estimate of drug-likeness (QED) is 0.835. The number of hydrogen-bond donors (Lipinski definition) is 2. The van der Waals surface area contributed by atoms with Crippen LogP contribution in [0.3, 0.4) is 0 Å². The van der Waals surface area contributed by atoms with Crippen molar-refractivity contribution in [2.75, 3.05) is 12.8 Å². The van der Waals surface area contributed by atoms with Crippen LogP contribution in [-0.4, -0.2) is 28.6 Å². The minimum atomic E-state index is -0.841. The van der Waals surface area contributed by atoms with Gasteiger partial charge in [0.2, 0.25) is 0 Å². The molecule has 0 bridgehead atoms. The van der Waals surface area contributed by atoms with Crippen LogP contribution in [0.15, 0.2) is 11.4 Å². The highest BCUT2D eigenvalue weighted by atomic mass is 32.2. The normalized spacial score (nSPS) is 17.7. The zero-order chi connectivity index (χ0) is 12.3. The van der Waals surface area contributed by atoms with Crippen LogP contribution in [0, 0.1) is 0 Å². The van der Waals surface area contributed by atoms with E-state index in [0.717, 1.165) is 18.0 Å². The van der Waals surface area contributed by atoms with Crippen LogP contribution in [0.25, 0.3) is 0 Å². The number of hydrogen-bond acceptors (Lipinski definition) is 4. The Morgan fingerprint density at radius 1 is 1.65 bits per heavy atom. The number of carbonyl (C=O) groups is 1. The molecule has 94 valence electrons. The molecule has 0 aromatic carbocycles. The van der Waals surface area contributed by atoms with Gasteiger partial charge in [-0.1, -0.05) is 6.42 Å². The van der Waals surface area contributed by atoms with E-state index < -0.39 is 5.97 Å². The fourth-order valence-electron chi connectivity index (χ4n) is 2.02. The first-order valence-electron chi connectivity index (χ1n) is 5.72. The zero-order valence-corrected chi connectivity index (χ0v) is 11.5. The Morgan fingerprint density at radius 3 is 2.88 bits per heavy atom. The molecule has 0 amide bonds. The first-order valence-corrected chi connectivity index (χ1v) is 7.82. The number of rotatable bonds is 6. The van der Waals surface area contributed by atoms with Crippen LogP contribution in [-0.2, 0) is 6.54 Å². The Hall–Kier alpha value is -0.520. The van der Waals surface area contributed by atoms with E-state index >= 15 is 0 Å². The molecular formula is C12H17NO2S2. The van der Waals surface area contributed by atoms with Crippen LogP contribution < -0.4 is 5.32 Å². The third-order valence-corrected chi connectivity index (χ3v) is 5.70. The van der Waals surface area contributed by atoms with Gasteiger partial charge in [0.25, 0.3) is 0 Å². The summed E-state index contributed by atoms with van der Waals surface area (Å²) in [4.78, 5) is 11.8. The molecular weight excluding hydrogens is 254 g/mol. The average molecular weight is 271 g/mol. The molecule has 1 saturated carbocycles. The number of thiophene rings is 1. The summed E-state index contributed by atoms with van der Waals surface area (Å²) in [5.74, 6) is -0.841. The highest BCUT2D eigenvalue weighted by Gasteiger charge is 2.35. The van der Waals surface area contributed by atoms with Crippen molar-refractivity contribution >= 4 is 29.1 Å². The maximum Gasteiger partial charge on any atom is 0.336 e. The van der Waals surface area contributed by atoms with Crippen molar-refractivity contribution in [2.24, 2.45) is 0 Å². The molecule has 0 unspecified atom stereocenters. The van der Waals surface area contributed by atoms with Gasteiger partial charge in [0, 0.05) is 28.1 Å². The van der Waals surface area contributed by atoms with E-state index in [1.807, 2.05) is 11.8 Å². The number of nitrogens with one attached hydrogen (secondary N) is 1. The van der Waals surface area contributed by atoms with Gasteiger partial charge in [-0.05, 0) is 25.2 Å². The van der Waals surface area contributed by atoms with Gasteiger partial charge in [-0.2, -0.15) is 11.8 Å². The second-order valence-corrected chi connectivity index (χ2v) is 6.72. The largest absolute Gasteiger partial charge is 0.478 e. The van der Waals surface area contributed by atoms with E-state index in [0.29, 0.717) is 10.3 Å². The average Bonchev–Trinajstić information content (AvgIpc) is 2.71. The van der Waals surface area contributed by atoms with E-state index in [1.165, 1.54) is 30.6 Å². The lowest BCUT2D eigenvalue weighted by Crippen LogP contribution is -2.43. The summed E-state index contributed by atoms with van der Waals surface area (Å²) in [5, 5.41) is 14.0. The second-order valence-electron chi connectivity index (χ2n) is 4.45. The fourth-order valence-corrected chi connectivity index (χ4v) is 3.79. The first-order chi connectivity index (χ1) is 8.15. The van der Waals surface area contributed by atoms with E-state index in [4.69, 9.17) is 5.11 Å². The smallest absolute Gasteiger partial charge is 0.336 e. The van der Waals surface area contributed by atoms with Crippen LogP contribution in [0.1, 0.15) is 34.5 Å². The third kappa shape index (κ3) is 3.03. The third-order valence-electron chi connectivity index (χ3n) is 3.34. The first kappa shape index (κ1) is 12.9. The number of carboxylic acid groups (broad SMARTS) is 1. The molecule has 0 radical (unpaired) electrons. The van der Waals surface area contributed by atoms with Gasteiger partial charge >= 0.3 is 5.97 Å². The lowest BCUT2D eigenvalue weighted by Gasteiger charge is -2.40. The molecule has 1 heterocycles. The molecule has 2 rings (SSSR count). The number of thioether (sulfide) groups is 1. The summed E-state index contributed by atoms with van der Waals surface area (Å²) in [7, 11) is 0. The monoisotopic (exact) mass is 271 g/mol. The van der Waals surface area contributed by atoms with Crippen molar-refractivity contribution in [1.82, 2.24) is 5.32 Å². The highest BCUT2D eigenvalue weighted by Crippen LogP contribution is 2.42. The minimum Gasteiger partial charge on any atom is -0.478 e. The second kappa shape index (κ2) is 5.42. The molecule has 17 heavy (non-hydrogen) atoms. The molecule has 0 spiro atoms. The van der Waals surface area contributed by atoms with Gasteiger partial charge in [0.1, 0.15) is 0 Å². The van der Waals surface area contributed by atoms with Gasteiger partial charge in [0.15, 0.2) is 0 Å². The van der Waals surface area contributed by atoms with Crippen molar-refractivity contribution in [3.63, 3.8) is 0 Å². The summed E-state index contributed by atoms with van der Waals surface area (Å²) in [6.45, 7) is 1.80. The van der Waals surface area contributed by atoms with Crippen LogP contribution in [0.4, 0.5) is 0 Å². The fraction of sp³-hybridized carbons (Fsp3) is 0.583. The van der Waals surface area contributed by atoms with Gasteiger partial charge in [-0.3, -0.25) is 0 Å². The zero-order valence-electron chi connectivity index (χ0n) is 9.86. The molecule has 0 saturated heterocycles. The molecule has 0 atom stereocenters. The summed E-state index contributed by atoms with van der Waals surface area (Å²) < 4.78 is 0.437. The topological polar surface area (TPSA) is 49.3 Å². The summed E-state index contributed by atoms with van der Waals surface area (Å²) in [6.07, 6.45) is 6.11. The number of carboxylic acids is 1. The summed E-state index contributed by atoms with van der Waals surface area (Å²) >= 11 is 3.46. The summed E-state index contributed by atoms with van der Waals surface area (Å²) in [5.41, 5.74) is 0.398. The number of aromatic carboxylic acids is 1. The van der Waals surface area contributed by atoms with Crippen LogP contribution in [0.5, 0.6) is 0 Å². The molecule has 1 fully saturated rings. The van der Waals surface area contributed by atoms with Gasteiger partial charge in [-0.15, -0.1) is 11.3 Å². The van der Waals surface area contributed by atoms with Crippen molar-refractivity contribution in [3.05, 3.63) is 21.9 Å². The molecule has 2 N–H and O–H groups in total. The minimum absolute atomic E-state index is 0.398. The molecule has 1 aliphatic rings. The van der Waals surface area contributed by atoms with Crippen LogP contribution in [0.2, 0.25) is 0 Å². The van der Waals surface area contributed by atoms with Gasteiger partial charge in [0.05, 0.1) is 5.56 Å². The molecule has 5 heteroatoms. The van der Waals surface area contributed by atoms with Crippen molar-refractivity contribution < 1.29 is 9.90 Å². The van der Waals surface area contributed by atoms with Gasteiger partial charge in [-0.25, -0.2) is 4.79 Å². The standard InChI is InChI=1S/C12H17NO2S2/c1-16-12(3-2-4-12)8-13-6-10-5-9(7-17-10)11(14)15/h5,7,13H,2-4,6,8H2,1H3,(H,14,15).